The summed E-state index contributed by atoms with van der Waals surface area (Å²) >= 11 is 0. The van der Waals surface area contributed by atoms with Crippen LogP contribution >= 0.6 is 0 Å². The van der Waals surface area contributed by atoms with Gasteiger partial charge in [-0.05, 0) is 36.5 Å². The van der Waals surface area contributed by atoms with Crippen molar-refractivity contribution in [1.29, 1.82) is 0 Å². The summed E-state index contributed by atoms with van der Waals surface area (Å²) in [5.41, 5.74) is 0. The highest BCUT2D eigenvalue weighted by Gasteiger charge is 2.29. The molecule has 0 bridgehead atoms. The Morgan fingerprint density at radius 3 is 2.62 bits per heavy atom. The zero-order chi connectivity index (χ0) is 9.84. The molecule has 0 aliphatic heterocycles. The van der Waals surface area contributed by atoms with Gasteiger partial charge in [0.15, 0.2) is 0 Å². The average Bonchev–Trinajstić information content (AvgIpc) is 2.04. The second-order valence-corrected chi connectivity index (χ2v) is 4.99. The minimum absolute atomic E-state index is 0.668. The summed E-state index contributed by atoms with van der Waals surface area (Å²) in [5, 5.41) is 0. The van der Waals surface area contributed by atoms with Gasteiger partial charge < -0.3 is 4.79 Å². The minimum atomic E-state index is 0.668. The van der Waals surface area contributed by atoms with E-state index in [1.807, 2.05) is 0 Å². The Labute approximate surface area is 81.9 Å². The van der Waals surface area contributed by atoms with Crippen LogP contribution in [0.4, 0.5) is 0 Å². The lowest BCUT2D eigenvalue weighted by Crippen LogP contribution is -2.27. The molecule has 0 aromatic rings. The molecule has 3 unspecified atom stereocenters. The van der Waals surface area contributed by atoms with Crippen molar-refractivity contribution in [3.63, 3.8) is 0 Å². The van der Waals surface area contributed by atoms with E-state index in [-0.39, 0.29) is 0 Å². The molecule has 1 fully saturated rings. The molecule has 0 spiro atoms. The average molecular weight is 182 g/mol. The first kappa shape index (κ1) is 10.7. The molecule has 0 aromatic heterocycles. The van der Waals surface area contributed by atoms with Crippen LogP contribution in [0.1, 0.15) is 46.5 Å². The van der Waals surface area contributed by atoms with Gasteiger partial charge in [0.1, 0.15) is 6.29 Å². The number of aldehydes is 1. The van der Waals surface area contributed by atoms with E-state index in [9.17, 15) is 4.79 Å². The molecule has 1 rings (SSSR count). The third-order valence-electron chi connectivity index (χ3n) is 3.56. The lowest BCUT2D eigenvalue weighted by atomic mass is 9.69. The Morgan fingerprint density at radius 1 is 1.38 bits per heavy atom. The molecule has 1 aliphatic rings. The third-order valence-corrected chi connectivity index (χ3v) is 3.56. The fourth-order valence-corrected chi connectivity index (χ4v) is 2.79. The standard InChI is InChI=1S/C12H22O/c1-9(2)12-5-4-10(3)8-11(12)6-7-13/h7,9-12H,4-6,8H2,1-3H3. The maximum absolute atomic E-state index is 10.5. The second-order valence-electron chi connectivity index (χ2n) is 4.99. The van der Waals surface area contributed by atoms with Crippen molar-refractivity contribution in [2.45, 2.75) is 46.5 Å². The third kappa shape index (κ3) is 2.82. The molecule has 0 N–H and O–H groups in total. The summed E-state index contributed by atoms with van der Waals surface area (Å²) in [7, 11) is 0. The van der Waals surface area contributed by atoms with Gasteiger partial charge in [0.05, 0.1) is 0 Å². The fourth-order valence-electron chi connectivity index (χ4n) is 2.79. The highest BCUT2D eigenvalue weighted by atomic mass is 16.1. The van der Waals surface area contributed by atoms with Crippen molar-refractivity contribution in [3.05, 3.63) is 0 Å². The molecule has 1 nitrogen and oxygen atoms in total. The van der Waals surface area contributed by atoms with Crippen LogP contribution in [-0.2, 0) is 4.79 Å². The highest BCUT2D eigenvalue weighted by Crippen LogP contribution is 2.39. The Morgan fingerprint density at radius 2 is 2.08 bits per heavy atom. The van der Waals surface area contributed by atoms with Crippen molar-refractivity contribution in [1.82, 2.24) is 0 Å². The molecule has 1 aliphatic carbocycles. The quantitative estimate of drug-likeness (QED) is 0.612. The second kappa shape index (κ2) is 4.78. The largest absolute Gasteiger partial charge is 0.303 e. The SMILES string of the molecule is CC1CCC(C(C)C)C(CC=O)C1. The van der Waals surface area contributed by atoms with Crippen LogP contribution in [0.5, 0.6) is 0 Å². The van der Waals surface area contributed by atoms with Gasteiger partial charge in [-0.2, -0.15) is 0 Å². The monoisotopic (exact) mass is 182 g/mol. The van der Waals surface area contributed by atoms with Crippen LogP contribution in [0, 0.1) is 23.7 Å². The zero-order valence-electron chi connectivity index (χ0n) is 9.12. The van der Waals surface area contributed by atoms with E-state index < -0.39 is 0 Å². The minimum Gasteiger partial charge on any atom is -0.303 e. The van der Waals surface area contributed by atoms with Gasteiger partial charge in [-0.3, -0.25) is 0 Å². The van der Waals surface area contributed by atoms with Crippen molar-refractivity contribution in [2.24, 2.45) is 23.7 Å². The van der Waals surface area contributed by atoms with E-state index >= 15 is 0 Å². The smallest absolute Gasteiger partial charge is 0.120 e. The summed E-state index contributed by atoms with van der Waals surface area (Å²) in [6, 6.07) is 0. The number of carbonyl (C=O) groups excluding carboxylic acids is 1. The van der Waals surface area contributed by atoms with Gasteiger partial charge >= 0.3 is 0 Å². The normalized spacial score (nSPS) is 34.9. The van der Waals surface area contributed by atoms with E-state index in [4.69, 9.17) is 0 Å². The van der Waals surface area contributed by atoms with Crippen LogP contribution in [0.2, 0.25) is 0 Å². The summed E-state index contributed by atoms with van der Waals surface area (Å²) in [4.78, 5) is 10.5. The Kier molecular flexibility index (Phi) is 3.95. The lowest BCUT2D eigenvalue weighted by Gasteiger charge is -2.36. The topological polar surface area (TPSA) is 17.1 Å². The first-order valence-electron chi connectivity index (χ1n) is 5.58. The van der Waals surface area contributed by atoms with E-state index in [1.165, 1.54) is 19.3 Å². The highest BCUT2D eigenvalue weighted by molar-refractivity contribution is 5.49. The number of rotatable bonds is 3. The molecule has 0 aromatic carbocycles. The first-order chi connectivity index (χ1) is 6.15. The van der Waals surface area contributed by atoms with Gasteiger partial charge in [0.2, 0.25) is 0 Å². The molecule has 0 heterocycles. The van der Waals surface area contributed by atoms with Crippen LogP contribution in [0.25, 0.3) is 0 Å². The summed E-state index contributed by atoms with van der Waals surface area (Å²) in [5.74, 6) is 3.04. The molecule has 13 heavy (non-hydrogen) atoms. The van der Waals surface area contributed by atoms with Crippen molar-refractivity contribution in [2.75, 3.05) is 0 Å². The predicted molar refractivity (Wildman–Crippen MR) is 55.5 cm³/mol. The summed E-state index contributed by atoms with van der Waals surface area (Å²) in [6.07, 6.45) is 5.85. The van der Waals surface area contributed by atoms with Gasteiger partial charge in [0.25, 0.3) is 0 Å². The molecule has 1 saturated carbocycles. The molecule has 1 heteroatoms. The first-order valence-corrected chi connectivity index (χ1v) is 5.58. The maximum Gasteiger partial charge on any atom is 0.120 e. The molecule has 0 saturated heterocycles. The molecule has 76 valence electrons. The molecule has 3 atom stereocenters. The zero-order valence-corrected chi connectivity index (χ0v) is 9.12. The Hall–Kier alpha value is -0.330. The summed E-state index contributed by atoms with van der Waals surface area (Å²) in [6.45, 7) is 6.89. The fraction of sp³-hybridized carbons (Fsp3) is 0.917. The number of hydrogen-bond donors (Lipinski definition) is 0. The maximum atomic E-state index is 10.5. The number of hydrogen-bond acceptors (Lipinski definition) is 1. The van der Waals surface area contributed by atoms with E-state index in [0.717, 1.165) is 30.5 Å². The van der Waals surface area contributed by atoms with Crippen LogP contribution in [0.15, 0.2) is 0 Å². The van der Waals surface area contributed by atoms with Gasteiger partial charge in [0, 0.05) is 6.42 Å². The Balaban J connectivity index is 2.54. The Bertz CT molecular complexity index is 163. The van der Waals surface area contributed by atoms with Crippen molar-refractivity contribution >= 4 is 6.29 Å². The van der Waals surface area contributed by atoms with Gasteiger partial charge in [-0.25, -0.2) is 0 Å². The van der Waals surface area contributed by atoms with E-state index in [0.29, 0.717) is 5.92 Å². The van der Waals surface area contributed by atoms with Crippen LogP contribution in [0.3, 0.4) is 0 Å². The molecular formula is C12H22O. The summed E-state index contributed by atoms with van der Waals surface area (Å²) < 4.78 is 0. The van der Waals surface area contributed by atoms with Crippen LogP contribution < -0.4 is 0 Å². The van der Waals surface area contributed by atoms with Gasteiger partial charge in [-0.1, -0.05) is 27.2 Å². The molecule has 0 radical (unpaired) electrons. The predicted octanol–water partition coefficient (Wildman–Crippen LogP) is 3.28. The lowest BCUT2D eigenvalue weighted by molar-refractivity contribution is -0.109. The van der Waals surface area contributed by atoms with Crippen molar-refractivity contribution in [3.8, 4) is 0 Å². The molecule has 0 amide bonds. The van der Waals surface area contributed by atoms with Gasteiger partial charge in [-0.15, -0.1) is 0 Å². The molecular weight excluding hydrogens is 160 g/mol. The van der Waals surface area contributed by atoms with Crippen LogP contribution in [-0.4, -0.2) is 6.29 Å². The number of carbonyl (C=O) groups is 1. The van der Waals surface area contributed by atoms with E-state index in [2.05, 4.69) is 20.8 Å². The van der Waals surface area contributed by atoms with Crippen molar-refractivity contribution < 1.29 is 4.79 Å². The van der Waals surface area contributed by atoms with E-state index in [1.54, 1.807) is 0 Å².